The number of carbonyl (C=O) groups is 1. The van der Waals surface area contributed by atoms with E-state index in [0.29, 0.717) is 34.5 Å². The van der Waals surface area contributed by atoms with Crippen molar-refractivity contribution in [3.8, 4) is 16.9 Å². The highest BCUT2D eigenvalue weighted by Gasteiger charge is 2.21. The van der Waals surface area contributed by atoms with Gasteiger partial charge < -0.3 is 16.4 Å². The highest BCUT2D eigenvalue weighted by atomic mass is 35.5. The summed E-state index contributed by atoms with van der Waals surface area (Å²) in [5.74, 6) is 0.296. The van der Waals surface area contributed by atoms with Crippen molar-refractivity contribution in [2.75, 3.05) is 17.6 Å². The highest BCUT2D eigenvalue weighted by molar-refractivity contribution is 6.32. The van der Waals surface area contributed by atoms with E-state index >= 15 is 0 Å². The number of urea groups is 1. The van der Waals surface area contributed by atoms with Crippen molar-refractivity contribution in [1.29, 1.82) is 0 Å². The van der Waals surface area contributed by atoms with Gasteiger partial charge in [-0.25, -0.2) is 9.48 Å². The molecule has 156 valence electrons. The van der Waals surface area contributed by atoms with Crippen LogP contribution >= 0.6 is 11.6 Å². The normalized spacial score (nSPS) is 10.6. The standard InChI is InChI=1S/C24H22ClN5O/c25-19-13-7-8-14-20(19)30-23(26)22(21(29-30)18-11-5-2-6-12-18)28-24(31)27-16-15-17-9-3-1-4-10-17/h1-14H,15-16,26H2,(H2,27,28,31). The number of rotatable bonds is 6. The van der Waals surface area contributed by atoms with Gasteiger partial charge in [0.15, 0.2) is 5.82 Å². The van der Waals surface area contributed by atoms with Crippen LogP contribution < -0.4 is 16.4 Å². The predicted octanol–water partition coefficient (Wildman–Crippen LogP) is 5.14. The van der Waals surface area contributed by atoms with Crippen LogP contribution in [0.4, 0.5) is 16.3 Å². The van der Waals surface area contributed by atoms with E-state index in [1.54, 1.807) is 10.7 Å². The minimum Gasteiger partial charge on any atom is -0.382 e. The molecule has 2 amide bonds. The Morgan fingerprint density at radius 3 is 2.29 bits per heavy atom. The van der Waals surface area contributed by atoms with Gasteiger partial charge in [-0.1, -0.05) is 84.4 Å². The first kappa shape index (κ1) is 20.5. The number of anilines is 2. The summed E-state index contributed by atoms with van der Waals surface area (Å²) in [7, 11) is 0. The third-order valence-corrected chi connectivity index (χ3v) is 5.15. The molecule has 0 aliphatic carbocycles. The average Bonchev–Trinajstić information content (AvgIpc) is 3.11. The Balaban J connectivity index is 1.59. The second kappa shape index (κ2) is 9.36. The summed E-state index contributed by atoms with van der Waals surface area (Å²) in [6.07, 6.45) is 0.730. The SMILES string of the molecule is Nc1c(NC(=O)NCCc2ccccc2)c(-c2ccccc2)nn1-c1ccccc1Cl. The van der Waals surface area contributed by atoms with Crippen LogP contribution in [-0.4, -0.2) is 22.4 Å². The third kappa shape index (κ3) is 4.70. The molecular formula is C24H22ClN5O. The molecule has 4 aromatic rings. The number of nitrogens with one attached hydrogen (secondary N) is 2. The lowest BCUT2D eigenvalue weighted by atomic mass is 10.1. The summed E-state index contributed by atoms with van der Waals surface area (Å²) in [5, 5.41) is 10.9. The quantitative estimate of drug-likeness (QED) is 0.395. The molecule has 0 fully saturated rings. The maximum Gasteiger partial charge on any atom is 0.319 e. The molecule has 4 rings (SSSR count). The molecule has 4 N–H and O–H groups in total. The number of amides is 2. The van der Waals surface area contributed by atoms with E-state index < -0.39 is 0 Å². The van der Waals surface area contributed by atoms with Crippen LogP contribution in [0.15, 0.2) is 84.9 Å². The van der Waals surface area contributed by atoms with Crippen molar-refractivity contribution < 1.29 is 4.79 Å². The van der Waals surface area contributed by atoms with E-state index in [2.05, 4.69) is 15.7 Å². The lowest BCUT2D eigenvalue weighted by Gasteiger charge is -2.09. The zero-order valence-corrected chi connectivity index (χ0v) is 17.5. The molecule has 0 spiro atoms. The van der Waals surface area contributed by atoms with Gasteiger partial charge in [-0.2, -0.15) is 5.10 Å². The minimum absolute atomic E-state index is 0.296. The predicted molar refractivity (Wildman–Crippen MR) is 126 cm³/mol. The number of aromatic nitrogens is 2. The number of para-hydroxylation sites is 1. The van der Waals surface area contributed by atoms with E-state index in [4.69, 9.17) is 17.3 Å². The number of nitrogen functional groups attached to an aromatic ring is 1. The zero-order chi connectivity index (χ0) is 21.6. The first-order chi connectivity index (χ1) is 15.1. The van der Waals surface area contributed by atoms with Gasteiger partial charge in [0.05, 0.1) is 10.7 Å². The van der Waals surface area contributed by atoms with Crippen molar-refractivity contribution in [1.82, 2.24) is 15.1 Å². The number of carbonyl (C=O) groups excluding carboxylic acids is 1. The second-order valence-electron chi connectivity index (χ2n) is 6.95. The molecule has 6 nitrogen and oxygen atoms in total. The van der Waals surface area contributed by atoms with Gasteiger partial charge in [-0.3, -0.25) is 0 Å². The molecule has 0 radical (unpaired) electrons. The van der Waals surface area contributed by atoms with Crippen molar-refractivity contribution in [2.24, 2.45) is 0 Å². The molecule has 0 atom stereocenters. The molecule has 1 heterocycles. The summed E-state index contributed by atoms with van der Waals surface area (Å²) in [5.41, 5.74) is 10.0. The number of nitrogens with zero attached hydrogens (tertiary/aromatic N) is 2. The van der Waals surface area contributed by atoms with E-state index in [-0.39, 0.29) is 6.03 Å². The van der Waals surface area contributed by atoms with Crippen LogP contribution in [0, 0.1) is 0 Å². The Morgan fingerprint density at radius 1 is 0.935 bits per heavy atom. The Labute approximate surface area is 185 Å². The molecular weight excluding hydrogens is 410 g/mol. The van der Waals surface area contributed by atoms with Crippen molar-refractivity contribution in [3.63, 3.8) is 0 Å². The highest BCUT2D eigenvalue weighted by Crippen LogP contribution is 2.35. The number of hydrogen-bond acceptors (Lipinski definition) is 3. The largest absolute Gasteiger partial charge is 0.382 e. The van der Waals surface area contributed by atoms with E-state index in [1.165, 1.54) is 0 Å². The average molecular weight is 432 g/mol. The van der Waals surface area contributed by atoms with E-state index in [9.17, 15) is 4.79 Å². The summed E-state index contributed by atoms with van der Waals surface area (Å²) in [6.45, 7) is 0.495. The van der Waals surface area contributed by atoms with Crippen molar-refractivity contribution in [3.05, 3.63) is 95.5 Å². The monoisotopic (exact) mass is 431 g/mol. The number of nitrogens with two attached hydrogens (primary N) is 1. The topological polar surface area (TPSA) is 85.0 Å². The number of hydrogen-bond donors (Lipinski definition) is 3. The molecule has 0 bridgehead atoms. The fraction of sp³-hybridized carbons (Fsp3) is 0.0833. The van der Waals surface area contributed by atoms with Crippen LogP contribution in [0.3, 0.4) is 0 Å². The van der Waals surface area contributed by atoms with Gasteiger partial charge >= 0.3 is 6.03 Å². The second-order valence-corrected chi connectivity index (χ2v) is 7.36. The lowest BCUT2D eigenvalue weighted by Crippen LogP contribution is -2.30. The lowest BCUT2D eigenvalue weighted by molar-refractivity contribution is 0.252. The van der Waals surface area contributed by atoms with Crippen LogP contribution in [-0.2, 0) is 6.42 Å². The van der Waals surface area contributed by atoms with Gasteiger partial charge in [0.25, 0.3) is 0 Å². The molecule has 0 unspecified atom stereocenters. The Hall–Kier alpha value is -3.77. The van der Waals surface area contributed by atoms with Crippen LogP contribution in [0.1, 0.15) is 5.56 Å². The van der Waals surface area contributed by atoms with Gasteiger partial charge in [0.1, 0.15) is 11.4 Å². The molecule has 0 saturated carbocycles. The molecule has 1 aromatic heterocycles. The third-order valence-electron chi connectivity index (χ3n) is 4.83. The maximum atomic E-state index is 12.6. The van der Waals surface area contributed by atoms with E-state index in [0.717, 1.165) is 17.5 Å². The summed E-state index contributed by atoms with van der Waals surface area (Å²) < 4.78 is 1.55. The maximum absolute atomic E-state index is 12.6. The number of halogens is 1. The molecule has 0 saturated heterocycles. The Kier molecular flexibility index (Phi) is 6.19. The summed E-state index contributed by atoms with van der Waals surface area (Å²) >= 11 is 6.35. The smallest absolute Gasteiger partial charge is 0.319 e. The zero-order valence-electron chi connectivity index (χ0n) is 16.8. The summed E-state index contributed by atoms with van der Waals surface area (Å²) in [4.78, 5) is 12.6. The van der Waals surface area contributed by atoms with Gasteiger partial charge in [-0.05, 0) is 24.1 Å². The van der Waals surface area contributed by atoms with E-state index in [1.807, 2.05) is 78.9 Å². The Morgan fingerprint density at radius 2 is 1.58 bits per heavy atom. The fourth-order valence-electron chi connectivity index (χ4n) is 3.28. The summed E-state index contributed by atoms with van der Waals surface area (Å²) in [6, 6.07) is 26.5. The minimum atomic E-state index is -0.349. The fourth-order valence-corrected chi connectivity index (χ4v) is 3.50. The van der Waals surface area contributed by atoms with Crippen LogP contribution in [0.5, 0.6) is 0 Å². The van der Waals surface area contributed by atoms with Crippen LogP contribution in [0.25, 0.3) is 16.9 Å². The van der Waals surface area contributed by atoms with Gasteiger partial charge in [0.2, 0.25) is 0 Å². The van der Waals surface area contributed by atoms with Crippen molar-refractivity contribution in [2.45, 2.75) is 6.42 Å². The van der Waals surface area contributed by atoms with Crippen molar-refractivity contribution >= 4 is 29.1 Å². The number of benzene rings is 3. The van der Waals surface area contributed by atoms with Gasteiger partial charge in [-0.15, -0.1) is 0 Å². The van der Waals surface area contributed by atoms with Crippen LogP contribution in [0.2, 0.25) is 5.02 Å². The molecule has 3 aromatic carbocycles. The molecule has 31 heavy (non-hydrogen) atoms. The molecule has 7 heteroatoms. The first-order valence-electron chi connectivity index (χ1n) is 9.91. The Bertz CT molecular complexity index is 1180. The molecule has 0 aliphatic heterocycles. The molecule has 0 aliphatic rings. The first-order valence-corrected chi connectivity index (χ1v) is 10.3. The van der Waals surface area contributed by atoms with Gasteiger partial charge in [0, 0.05) is 12.1 Å².